The Morgan fingerprint density at radius 2 is 1.96 bits per heavy atom. The summed E-state index contributed by atoms with van der Waals surface area (Å²) < 4.78 is 1.99. The van der Waals surface area contributed by atoms with Gasteiger partial charge in [-0.3, -0.25) is 0 Å². The molecule has 0 bridgehead atoms. The lowest BCUT2D eigenvalue weighted by Gasteiger charge is -2.27. The number of hydrogen-bond donors (Lipinski definition) is 3. The first kappa shape index (κ1) is 19.4. The minimum absolute atomic E-state index is 0.143. The zero-order valence-corrected chi connectivity index (χ0v) is 16.6. The van der Waals surface area contributed by atoms with Gasteiger partial charge in [0.1, 0.15) is 0 Å². The predicted octanol–water partition coefficient (Wildman–Crippen LogP) is 2.85. The molecule has 0 atom stereocenters. The topological polar surface area (TPSA) is 74.5 Å². The molecule has 0 spiro atoms. The van der Waals surface area contributed by atoms with Gasteiger partial charge in [-0.25, -0.2) is 9.67 Å². The van der Waals surface area contributed by atoms with Crippen LogP contribution in [-0.4, -0.2) is 39.5 Å². The minimum atomic E-state index is -0.143. The van der Waals surface area contributed by atoms with Crippen molar-refractivity contribution in [1.82, 2.24) is 20.4 Å². The fraction of sp³-hybridized carbons (Fsp3) is 0.524. The van der Waals surface area contributed by atoms with E-state index >= 15 is 0 Å². The number of aliphatic hydroxyl groups is 1. The van der Waals surface area contributed by atoms with Gasteiger partial charge in [-0.05, 0) is 64.2 Å². The zero-order valence-electron chi connectivity index (χ0n) is 16.6. The Morgan fingerprint density at radius 1 is 1.22 bits per heavy atom. The fourth-order valence-electron chi connectivity index (χ4n) is 3.62. The van der Waals surface area contributed by atoms with Crippen molar-refractivity contribution in [2.45, 2.75) is 65.1 Å². The number of aliphatic hydroxyl groups excluding tert-OH is 1. The summed E-state index contributed by atoms with van der Waals surface area (Å²) >= 11 is 0. The Hall–Kier alpha value is -2.34. The van der Waals surface area contributed by atoms with Crippen LogP contribution in [0.1, 0.15) is 49.6 Å². The second-order valence-electron chi connectivity index (χ2n) is 7.31. The van der Waals surface area contributed by atoms with Crippen molar-refractivity contribution in [1.29, 1.82) is 0 Å². The number of benzene rings is 1. The lowest BCUT2D eigenvalue weighted by molar-refractivity contribution is 0.120. The molecule has 1 aromatic carbocycles. The molecule has 0 unspecified atom stereocenters. The van der Waals surface area contributed by atoms with Gasteiger partial charge in [-0.2, -0.15) is 5.10 Å². The molecule has 3 rings (SSSR count). The molecule has 2 aromatic rings. The highest BCUT2D eigenvalue weighted by Crippen LogP contribution is 2.19. The number of aromatic nitrogens is 2. The molecule has 1 heterocycles. The second-order valence-corrected chi connectivity index (χ2v) is 7.31. The summed E-state index contributed by atoms with van der Waals surface area (Å²) in [6.07, 6.45) is 3.53. The van der Waals surface area contributed by atoms with Crippen LogP contribution >= 0.6 is 0 Å². The van der Waals surface area contributed by atoms with Crippen LogP contribution in [0.25, 0.3) is 5.69 Å². The highest BCUT2D eigenvalue weighted by atomic mass is 16.3. The van der Waals surface area contributed by atoms with E-state index in [4.69, 9.17) is 4.99 Å². The van der Waals surface area contributed by atoms with E-state index in [-0.39, 0.29) is 6.10 Å². The van der Waals surface area contributed by atoms with Gasteiger partial charge < -0.3 is 15.7 Å². The Kier molecular flexibility index (Phi) is 6.50. The number of hydrogen-bond acceptors (Lipinski definition) is 3. The lowest BCUT2D eigenvalue weighted by atomic mass is 9.93. The quantitative estimate of drug-likeness (QED) is 0.560. The van der Waals surface area contributed by atoms with Crippen molar-refractivity contribution in [3.63, 3.8) is 0 Å². The van der Waals surface area contributed by atoms with Gasteiger partial charge in [0, 0.05) is 18.3 Å². The molecule has 3 N–H and O–H groups in total. The van der Waals surface area contributed by atoms with E-state index < -0.39 is 0 Å². The largest absolute Gasteiger partial charge is 0.393 e. The molecule has 1 aliphatic carbocycles. The highest BCUT2D eigenvalue weighted by molar-refractivity contribution is 5.80. The monoisotopic (exact) mass is 369 g/mol. The van der Waals surface area contributed by atoms with Gasteiger partial charge in [0.05, 0.1) is 24.0 Å². The molecular formula is C21H31N5O. The maximum absolute atomic E-state index is 9.70. The van der Waals surface area contributed by atoms with Crippen LogP contribution in [0.5, 0.6) is 0 Å². The lowest BCUT2D eigenvalue weighted by Crippen LogP contribution is -2.45. The maximum atomic E-state index is 9.70. The number of aryl methyl sites for hydroxylation is 2. The van der Waals surface area contributed by atoms with Gasteiger partial charge in [0.25, 0.3) is 0 Å². The normalized spacial score (nSPS) is 20.5. The molecule has 6 heteroatoms. The third-order valence-corrected chi connectivity index (χ3v) is 5.02. The van der Waals surface area contributed by atoms with Crippen LogP contribution in [-0.2, 0) is 6.54 Å². The van der Waals surface area contributed by atoms with Crippen LogP contribution in [0.4, 0.5) is 0 Å². The van der Waals surface area contributed by atoms with Crippen molar-refractivity contribution in [3.05, 3.63) is 47.3 Å². The molecule has 1 aliphatic rings. The van der Waals surface area contributed by atoms with Gasteiger partial charge in [-0.15, -0.1) is 0 Å². The summed E-state index contributed by atoms with van der Waals surface area (Å²) in [5.41, 5.74) is 4.35. The van der Waals surface area contributed by atoms with Gasteiger partial charge >= 0.3 is 0 Å². The Labute approximate surface area is 161 Å². The molecule has 0 saturated heterocycles. The fourth-order valence-corrected chi connectivity index (χ4v) is 3.62. The van der Waals surface area contributed by atoms with Gasteiger partial charge in [-0.1, -0.05) is 18.2 Å². The number of para-hydroxylation sites is 1. The molecule has 6 nitrogen and oxygen atoms in total. The van der Waals surface area contributed by atoms with Crippen molar-refractivity contribution in [2.75, 3.05) is 6.54 Å². The average molecular weight is 370 g/mol. The predicted molar refractivity (Wildman–Crippen MR) is 109 cm³/mol. The summed E-state index contributed by atoms with van der Waals surface area (Å²) in [7, 11) is 0. The van der Waals surface area contributed by atoms with Crippen LogP contribution in [0, 0.1) is 13.8 Å². The summed E-state index contributed by atoms with van der Waals surface area (Å²) in [5.74, 6) is 0.835. The van der Waals surface area contributed by atoms with E-state index in [2.05, 4.69) is 47.8 Å². The molecule has 1 saturated carbocycles. The number of nitrogens with zero attached hydrogens (tertiary/aromatic N) is 3. The smallest absolute Gasteiger partial charge is 0.191 e. The number of nitrogens with one attached hydrogen (secondary N) is 2. The summed E-state index contributed by atoms with van der Waals surface area (Å²) in [6, 6.07) is 10.7. The average Bonchev–Trinajstić information content (AvgIpc) is 3.00. The first-order chi connectivity index (χ1) is 13.1. The van der Waals surface area contributed by atoms with Crippen LogP contribution in [0.3, 0.4) is 0 Å². The first-order valence-corrected chi connectivity index (χ1v) is 9.91. The Morgan fingerprint density at radius 3 is 2.63 bits per heavy atom. The third kappa shape index (κ3) is 5.10. The van der Waals surface area contributed by atoms with Crippen molar-refractivity contribution >= 4 is 5.96 Å². The summed E-state index contributed by atoms with van der Waals surface area (Å²) in [6.45, 7) is 7.56. The van der Waals surface area contributed by atoms with E-state index in [1.807, 2.05) is 23.7 Å². The van der Waals surface area contributed by atoms with Crippen molar-refractivity contribution < 1.29 is 5.11 Å². The van der Waals surface area contributed by atoms with E-state index in [0.717, 1.165) is 60.8 Å². The van der Waals surface area contributed by atoms with Gasteiger partial charge in [0.15, 0.2) is 5.96 Å². The third-order valence-electron chi connectivity index (χ3n) is 5.02. The molecule has 0 aliphatic heterocycles. The summed E-state index contributed by atoms with van der Waals surface area (Å²) in [4.78, 5) is 4.81. The molecule has 0 amide bonds. The SMILES string of the molecule is CCNC(=NCc1ccccc1-n1nc(C)cc1C)NC1CCC(O)CC1. The Bertz CT molecular complexity index is 775. The second kappa shape index (κ2) is 9.04. The molecule has 1 aromatic heterocycles. The van der Waals surface area contributed by atoms with Crippen LogP contribution in [0.2, 0.25) is 0 Å². The maximum Gasteiger partial charge on any atom is 0.191 e. The van der Waals surface area contributed by atoms with Crippen LogP contribution < -0.4 is 10.6 Å². The Balaban J connectivity index is 1.75. The molecule has 0 radical (unpaired) electrons. The van der Waals surface area contributed by atoms with Crippen molar-refractivity contribution in [2.24, 2.45) is 4.99 Å². The van der Waals surface area contributed by atoms with Gasteiger partial charge in [0.2, 0.25) is 0 Å². The van der Waals surface area contributed by atoms with Crippen LogP contribution in [0.15, 0.2) is 35.3 Å². The highest BCUT2D eigenvalue weighted by Gasteiger charge is 2.20. The number of guanidine groups is 1. The molecule has 146 valence electrons. The van der Waals surface area contributed by atoms with Crippen molar-refractivity contribution in [3.8, 4) is 5.69 Å². The summed E-state index contributed by atoms with van der Waals surface area (Å²) in [5, 5.41) is 21.2. The standard InChI is InChI=1S/C21H31N5O/c1-4-22-21(24-18-9-11-19(27)12-10-18)23-14-17-7-5-6-8-20(17)26-16(3)13-15(2)25-26/h5-8,13,18-19,27H,4,9-12,14H2,1-3H3,(H2,22,23,24). The molecule has 27 heavy (non-hydrogen) atoms. The van der Waals surface area contributed by atoms with E-state index in [1.165, 1.54) is 0 Å². The molecule has 1 fully saturated rings. The first-order valence-electron chi connectivity index (χ1n) is 9.91. The minimum Gasteiger partial charge on any atom is -0.393 e. The molecular weight excluding hydrogens is 338 g/mol. The van der Waals surface area contributed by atoms with E-state index in [1.54, 1.807) is 0 Å². The number of rotatable bonds is 5. The number of aliphatic imine (C=N–C) groups is 1. The van der Waals surface area contributed by atoms with E-state index in [9.17, 15) is 5.11 Å². The zero-order chi connectivity index (χ0) is 19.2. The van der Waals surface area contributed by atoms with E-state index in [0.29, 0.717) is 12.6 Å².